The fourth-order valence-electron chi connectivity index (χ4n) is 3.52. The van der Waals surface area contributed by atoms with Crippen molar-refractivity contribution in [2.75, 3.05) is 18.4 Å². The summed E-state index contributed by atoms with van der Waals surface area (Å²) in [6.45, 7) is 8.45. The Labute approximate surface area is 208 Å². The first-order chi connectivity index (χ1) is 17.0. The number of hydrogen-bond donors (Lipinski definition) is 3. The molecule has 0 bridgehead atoms. The maximum Gasteiger partial charge on any atom is 0.303 e. The van der Waals surface area contributed by atoms with E-state index in [4.69, 9.17) is 10.00 Å². The molecule has 0 fully saturated rings. The number of pyridine rings is 2. The van der Waals surface area contributed by atoms with E-state index in [2.05, 4.69) is 32.0 Å². The number of rotatable bonds is 9. The molecule has 11 heteroatoms. The molecule has 0 spiro atoms. The number of nitrogens with zero attached hydrogens (tertiary/aromatic N) is 4. The number of nitrogens with one attached hydrogen (secondary N) is 3. The largest absolute Gasteiger partial charge is 0.450 e. The monoisotopic (exact) mass is 491 g/mol. The van der Waals surface area contributed by atoms with E-state index in [1.807, 2.05) is 19.9 Å². The van der Waals surface area contributed by atoms with E-state index in [-0.39, 0.29) is 25.0 Å². The van der Waals surface area contributed by atoms with Crippen molar-refractivity contribution in [3.05, 3.63) is 47.9 Å². The number of carbonyl (C=O) groups excluding carboxylic acids is 3. The minimum Gasteiger partial charge on any atom is -0.450 e. The fourth-order valence-corrected chi connectivity index (χ4v) is 3.52. The molecule has 2 amide bonds. The molecule has 3 heterocycles. The van der Waals surface area contributed by atoms with Crippen LogP contribution in [0.4, 0.5) is 5.69 Å². The maximum absolute atomic E-state index is 12.9. The van der Waals surface area contributed by atoms with Crippen LogP contribution in [-0.4, -0.2) is 57.1 Å². The van der Waals surface area contributed by atoms with Crippen LogP contribution in [0.25, 0.3) is 16.9 Å². The summed E-state index contributed by atoms with van der Waals surface area (Å²) in [4.78, 5) is 45.1. The lowest BCUT2D eigenvalue weighted by Gasteiger charge is -2.23. The Kier molecular flexibility index (Phi) is 7.89. The molecule has 3 N–H and O–H groups in total. The molecule has 36 heavy (non-hydrogen) atoms. The first kappa shape index (κ1) is 26.2. The normalized spacial score (nSPS) is 11.1. The molecule has 0 aliphatic carbocycles. The van der Waals surface area contributed by atoms with E-state index in [9.17, 15) is 14.4 Å². The van der Waals surface area contributed by atoms with Crippen molar-refractivity contribution >= 4 is 34.5 Å². The Morgan fingerprint density at radius 3 is 2.53 bits per heavy atom. The van der Waals surface area contributed by atoms with E-state index >= 15 is 0 Å². The summed E-state index contributed by atoms with van der Waals surface area (Å²) in [6.07, 6.45) is 4.79. The minimum atomic E-state index is -1.31. The Balaban J connectivity index is 1.73. The molecule has 3 rings (SSSR count). The highest BCUT2D eigenvalue weighted by Crippen LogP contribution is 2.23. The van der Waals surface area contributed by atoms with E-state index in [1.165, 1.54) is 33.2 Å². The molecule has 0 aliphatic rings. The van der Waals surface area contributed by atoms with Gasteiger partial charge in [-0.2, -0.15) is 5.26 Å². The summed E-state index contributed by atoms with van der Waals surface area (Å²) in [7, 11) is 0. The van der Waals surface area contributed by atoms with Gasteiger partial charge in [0, 0.05) is 56.1 Å². The van der Waals surface area contributed by atoms with Gasteiger partial charge in [-0.3, -0.25) is 19.0 Å². The second-order valence-electron chi connectivity index (χ2n) is 8.94. The van der Waals surface area contributed by atoms with Crippen molar-refractivity contribution in [2.24, 2.45) is 0 Å². The van der Waals surface area contributed by atoms with Crippen LogP contribution in [0, 0.1) is 11.3 Å². The van der Waals surface area contributed by atoms with Crippen molar-refractivity contribution in [1.29, 1.82) is 5.26 Å². The lowest BCUT2D eigenvalue weighted by molar-refractivity contribution is -0.162. The molecule has 0 radical (unpaired) electrons. The minimum absolute atomic E-state index is 0.0484. The van der Waals surface area contributed by atoms with Crippen molar-refractivity contribution in [1.82, 2.24) is 25.2 Å². The average Bonchev–Trinajstić information content (AvgIpc) is 3.23. The van der Waals surface area contributed by atoms with E-state index in [1.54, 1.807) is 22.9 Å². The topological polar surface area (TPSA) is 151 Å². The maximum atomic E-state index is 12.9. The third-order valence-corrected chi connectivity index (χ3v) is 5.12. The quantitative estimate of drug-likeness (QED) is 0.305. The van der Waals surface area contributed by atoms with Gasteiger partial charge in [0.15, 0.2) is 5.60 Å². The zero-order valence-electron chi connectivity index (χ0n) is 20.9. The van der Waals surface area contributed by atoms with Crippen LogP contribution in [0.2, 0.25) is 0 Å². The number of fused-ring (bicyclic) bond motifs is 1. The van der Waals surface area contributed by atoms with Crippen molar-refractivity contribution in [2.45, 2.75) is 46.3 Å². The second-order valence-corrected chi connectivity index (χ2v) is 8.94. The van der Waals surface area contributed by atoms with Gasteiger partial charge in [0.25, 0.3) is 11.8 Å². The summed E-state index contributed by atoms with van der Waals surface area (Å²) in [5.41, 5.74) is 0.728. The molecule has 3 aromatic heterocycles. The highest BCUT2D eigenvalue weighted by Gasteiger charge is 2.30. The molecule has 3 aromatic rings. The number of ether oxygens (including phenoxy) is 1. The molecule has 0 saturated carbocycles. The highest BCUT2D eigenvalue weighted by atomic mass is 16.6. The van der Waals surface area contributed by atoms with Crippen LogP contribution in [-0.2, 0) is 14.3 Å². The molecule has 0 atom stereocenters. The van der Waals surface area contributed by atoms with Gasteiger partial charge in [-0.15, -0.1) is 0 Å². The molecule has 11 nitrogen and oxygen atoms in total. The number of esters is 1. The average molecular weight is 492 g/mol. The van der Waals surface area contributed by atoms with Crippen molar-refractivity contribution < 1.29 is 19.1 Å². The van der Waals surface area contributed by atoms with Crippen LogP contribution in [0.5, 0.6) is 0 Å². The van der Waals surface area contributed by atoms with Crippen LogP contribution >= 0.6 is 0 Å². The van der Waals surface area contributed by atoms with Crippen LogP contribution in [0.3, 0.4) is 0 Å². The number of anilines is 1. The van der Waals surface area contributed by atoms with Gasteiger partial charge in [-0.1, -0.05) is 0 Å². The van der Waals surface area contributed by atoms with Crippen molar-refractivity contribution in [3.63, 3.8) is 0 Å². The molecule has 0 saturated heterocycles. The summed E-state index contributed by atoms with van der Waals surface area (Å²) < 4.78 is 6.79. The van der Waals surface area contributed by atoms with Gasteiger partial charge < -0.3 is 20.7 Å². The Morgan fingerprint density at radius 1 is 1.14 bits per heavy atom. The molecular formula is C25H29N7O4. The lowest BCUT2D eigenvalue weighted by atomic mass is 10.1. The zero-order chi connectivity index (χ0) is 26.5. The standard InChI is InChI=1S/C25H29N7O4/c1-15(2)31-20-11-21(32-9-6-18-10-17(12-26)13-30-22(18)32)29-14-19(20)23(34)27-7-8-28-24(35)25(4,5)36-16(3)33/h6,9-11,13-15H,7-8H2,1-5H3,(H,27,34)(H,28,35)(H,29,31). The Morgan fingerprint density at radius 2 is 1.86 bits per heavy atom. The van der Waals surface area contributed by atoms with E-state index in [0.29, 0.717) is 28.3 Å². The van der Waals surface area contributed by atoms with Gasteiger partial charge in [0.1, 0.15) is 17.5 Å². The van der Waals surface area contributed by atoms with Gasteiger partial charge in [-0.05, 0) is 39.8 Å². The van der Waals surface area contributed by atoms with E-state index < -0.39 is 17.5 Å². The van der Waals surface area contributed by atoms with Crippen LogP contribution in [0.1, 0.15) is 50.5 Å². The number of amides is 2. The summed E-state index contributed by atoms with van der Waals surface area (Å²) >= 11 is 0. The Hall–Kier alpha value is -4.46. The molecule has 0 aromatic carbocycles. The van der Waals surface area contributed by atoms with Crippen LogP contribution < -0.4 is 16.0 Å². The first-order valence-corrected chi connectivity index (χ1v) is 11.4. The third kappa shape index (κ3) is 6.15. The van der Waals surface area contributed by atoms with Gasteiger partial charge >= 0.3 is 5.97 Å². The molecule has 0 aliphatic heterocycles. The predicted molar refractivity (Wildman–Crippen MR) is 134 cm³/mol. The summed E-state index contributed by atoms with van der Waals surface area (Å²) in [5, 5.41) is 18.6. The molecule has 0 unspecified atom stereocenters. The van der Waals surface area contributed by atoms with Gasteiger partial charge in [-0.25, -0.2) is 9.97 Å². The van der Waals surface area contributed by atoms with Gasteiger partial charge in [0.05, 0.1) is 16.8 Å². The van der Waals surface area contributed by atoms with Gasteiger partial charge in [0.2, 0.25) is 0 Å². The molecular weight excluding hydrogens is 462 g/mol. The number of hydrogen-bond acceptors (Lipinski definition) is 8. The van der Waals surface area contributed by atoms with Crippen molar-refractivity contribution in [3.8, 4) is 11.9 Å². The fraction of sp³-hybridized carbons (Fsp3) is 0.360. The SMILES string of the molecule is CC(=O)OC(C)(C)C(=O)NCCNC(=O)c1cnc(-n2ccc3cc(C#N)cnc32)cc1NC(C)C. The number of carbonyl (C=O) groups is 3. The highest BCUT2D eigenvalue weighted by molar-refractivity contribution is 5.99. The predicted octanol–water partition coefficient (Wildman–Crippen LogP) is 2.30. The molecule has 188 valence electrons. The summed E-state index contributed by atoms with van der Waals surface area (Å²) in [6, 6.07) is 7.48. The van der Waals surface area contributed by atoms with Crippen LogP contribution in [0.15, 0.2) is 36.8 Å². The third-order valence-electron chi connectivity index (χ3n) is 5.12. The summed E-state index contributed by atoms with van der Waals surface area (Å²) in [5.74, 6) is -0.823. The Bertz CT molecular complexity index is 1340. The smallest absolute Gasteiger partial charge is 0.303 e. The first-order valence-electron chi connectivity index (χ1n) is 11.4. The lowest BCUT2D eigenvalue weighted by Crippen LogP contribution is -2.47. The second kappa shape index (κ2) is 10.9. The number of nitriles is 1. The van der Waals surface area contributed by atoms with E-state index in [0.717, 1.165) is 5.39 Å². The number of aromatic nitrogens is 3. The zero-order valence-corrected chi connectivity index (χ0v) is 20.9.